The normalized spacial score (nSPS) is 8.56. The van der Waals surface area contributed by atoms with E-state index in [-0.39, 0.29) is 40.3 Å². The average molecular weight is 593 g/mol. The van der Waals surface area contributed by atoms with E-state index in [1.807, 2.05) is 0 Å². The fourth-order valence-electron chi connectivity index (χ4n) is 1.88. The molecule has 0 saturated heterocycles. The Morgan fingerprint density at radius 3 is 1.05 bits per heavy atom. The van der Waals surface area contributed by atoms with Gasteiger partial charge in [-0.3, -0.25) is 9.97 Å². The van der Waals surface area contributed by atoms with Gasteiger partial charge < -0.3 is 58.7 Å². The largest absolute Gasteiger partial charge is 2.00 e. The zero-order chi connectivity index (χ0) is 29.1. The van der Waals surface area contributed by atoms with Gasteiger partial charge in [0.05, 0.1) is 22.6 Å². The molecule has 0 unspecified atom stereocenters. The molecule has 0 saturated carbocycles. The van der Waals surface area contributed by atoms with Crippen molar-refractivity contribution in [2.75, 3.05) is 30.0 Å². The number of rotatable bonds is 2. The van der Waals surface area contributed by atoms with Gasteiger partial charge in [-0.25, -0.2) is 9.97 Å². The summed E-state index contributed by atoms with van der Waals surface area (Å²) in [5.74, 6) is 0.916. The van der Waals surface area contributed by atoms with Crippen molar-refractivity contribution < 1.29 is 31.8 Å². The van der Waals surface area contributed by atoms with Gasteiger partial charge in [0, 0.05) is 31.9 Å². The number of anilines is 4. The van der Waals surface area contributed by atoms with Gasteiger partial charge in [-0.15, -0.1) is 0 Å². The first kappa shape index (κ1) is 35.4. The van der Waals surface area contributed by atoms with Crippen molar-refractivity contribution in [3.63, 3.8) is 0 Å². The van der Waals surface area contributed by atoms with Crippen LogP contribution >= 0.6 is 0 Å². The quantitative estimate of drug-likeness (QED) is 0.0963. The van der Waals surface area contributed by atoms with Crippen LogP contribution < -0.4 is 22.9 Å². The first-order valence-corrected chi connectivity index (χ1v) is 9.12. The third-order valence-electron chi connectivity index (χ3n) is 2.92. The predicted molar refractivity (Wildman–Crippen MR) is 128 cm³/mol. The van der Waals surface area contributed by atoms with Crippen LogP contribution in [0.15, 0.2) is 37.2 Å². The molecule has 0 amide bonds. The fraction of sp³-hybridized carbons (Fsp3) is 0.0667. The number of nitrogens with two attached hydrogens (primary N) is 4. The summed E-state index contributed by atoms with van der Waals surface area (Å²) < 4.78 is 0. The summed E-state index contributed by atoms with van der Waals surface area (Å²) in [5.41, 5.74) is 22.6. The second-order valence-electron chi connectivity index (χ2n) is 5.38. The summed E-state index contributed by atoms with van der Waals surface area (Å²) in [7, 11) is 1.00. The maximum Gasteiger partial charge on any atom is 2.00 e. The van der Waals surface area contributed by atoms with E-state index in [2.05, 4.69) is 49.8 Å². The zero-order valence-corrected chi connectivity index (χ0v) is 20.3. The standard InChI is InChI=1S/2C7H7N7.CH4O.2NO3.Ni/c2*8-6-12-5(13-7(9)14-6)4-3-10-1-2-11-4;1-2;2*2-1(3)4;/h2*1-3H,(H4,8,9,12,13,14);2H,1H3;;;/q;;;2*-1;+2. The number of aromatic nitrogens is 10. The summed E-state index contributed by atoms with van der Waals surface area (Å²) >= 11 is 0. The van der Waals surface area contributed by atoms with Crippen LogP contribution in [0.4, 0.5) is 23.8 Å². The number of nitrogen functional groups attached to an aromatic ring is 4. The zero-order valence-electron chi connectivity index (χ0n) is 19.4. The molecular weight excluding hydrogens is 575 g/mol. The van der Waals surface area contributed by atoms with Crippen molar-refractivity contribution in [2.45, 2.75) is 0 Å². The Hall–Kier alpha value is -5.77. The molecule has 0 atom stereocenters. The van der Waals surface area contributed by atoms with Crippen molar-refractivity contribution in [3.05, 3.63) is 67.8 Å². The molecule has 4 heterocycles. The first-order valence-electron chi connectivity index (χ1n) is 9.12. The molecule has 0 aliphatic heterocycles. The molecule has 24 heteroatoms. The SMILES string of the molecule is CO.Nc1nc(N)nc(-c2cnccn2)n1.Nc1nc(N)nc(-c2cnccn2)n1.O=[N+]([O-])[O-].O=[N+]([O-])[O-].[Ni+2]. The second kappa shape index (κ2) is 19.4. The maximum atomic E-state index is 8.25. The Balaban J connectivity index is 0. The van der Waals surface area contributed by atoms with Crippen LogP contribution in [-0.2, 0) is 16.5 Å². The molecule has 210 valence electrons. The Bertz CT molecular complexity index is 1130. The summed E-state index contributed by atoms with van der Waals surface area (Å²) in [4.78, 5) is 55.1. The third-order valence-corrected chi connectivity index (χ3v) is 2.92. The molecule has 9 N–H and O–H groups in total. The maximum absolute atomic E-state index is 8.25. The number of aliphatic hydroxyl groups excluding tert-OH is 1. The van der Waals surface area contributed by atoms with Crippen molar-refractivity contribution in [3.8, 4) is 23.0 Å². The van der Waals surface area contributed by atoms with Gasteiger partial charge in [-0.1, -0.05) is 0 Å². The van der Waals surface area contributed by atoms with Gasteiger partial charge in [-0.2, -0.15) is 29.9 Å². The Kier molecular flexibility index (Phi) is 17.6. The number of aliphatic hydroxyl groups is 1. The van der Waals surface area contributed by atoms with Crippen molar-refractivity contribution in [1.29, 1.82) is 0 Å². The summed E-state index contributed by atoms with van der Waals surface area (Å²) in [6.45, 7) is 0. The van der Waals surface area contributed by atoms with Crippen molar-refractivity contribution >= 4 is 23.8 Å². The molecule has 23 nitrogen and oxygen atoms in total. The number of hydrogen-bond acceptors (Lipinski definition) is 21. The molecule has 0 spiro atoms. The smallest absolute Gasteiger partial charge is 0.400 e. The van der Waals surface area contributed by atoms with Gasteiger partial charge in [-0.05, 0) is 0 Å². The molecular formula is C15H18N16NiO7. The Morgan fingerprint density at radius 1 is 0.590 bits per heavy atom. The van der Waals surface area contributed by atoms with E-state index in [0.29, 0.717) is 23.0 Å². The Morgan fingerprint density at radius 2 is 0.846 bits per heavy atom. The van der Waals surface area contributed by atoms with Crippen LogP contribution in [0.5, 0.6) is 0 Å². The minimum atomic E-state index is -1.75. The van der Waals surface area contributed by atoms with Gasteiger partial charge in [0.15, 0.2) is 11.6 Å². The van der Waals surface area contributed by atoms with E-state index in [1.54, 1.807) is 12.4 Å². The Labute approximate surface area is 226 Å². The topological polar surface area (TPSA) is 386 Å². The van der Waals surface area contributed by atoms with Crippen LogP contribution in [0.1, 0.15) is 0 Å². The van der Waals surface area contributed by atoms with E-state index < -0.39 is 10.2 Å². The van der Waals surface area contributed by atoms with Gasteiger partial charge in [0.25, 0.3) is 0 Å². The van der Waals surface area contributed by atoms with E-state index in [4.69, 9.17) is 58.7 Å². The van der Waals surface area contributed by atoms with Crippen LogP contribution in [0, 0.1) is 30.6 Å². The molecule has 4 rings (SSSR count). The molecule has 0 bridgehead atoms. The number of hydrogen-bond donors (Lipinski definition) is 5. The summed E-state index contributed by atoms with van der Waals surface area (Å²) in [6, 6.07) is 0. The minimum Gasteiger partial charge on any atom is -0.400 e. The summed E-state index contributed by atoms with van der Waals surface area (Å²) in [6.07, 6.45) is 9.22. The third kappa shape index (κ3) is 16.5. The monoisotopic (exact) mass is 592 g/mol. The molecule has 4 aromatic heterocycles. The molecule has 0 aliphatic rings. The molecule has 39 heavy (non-hydrogen) atoms. The molecule has 0 aliphatic carbocycles. The van der Waals surface area contributed by atoms with Crippen LogP contribution in [0.2, 0.25) is 0 Å². The van der Waals surface area contributed by atoms with Gasteiger partial charge in [0.2, 0.25) is 23.8 Å². The van der Waals surface area contributed by atoms with Crippen molar-refractivity contribution in [1.82, 2.24) is 49.8 Å². The predicted octanol–water partition coefficient (Wildman–Crippen LogP) is -1.89. The minimum absolute atomic E-state index is 0. The van der Waals surface area contributed by atoms with E-state index in [1.165, 1.54) is 24.8 Å². The van der Waals surface area contributed by atoms with Crippen LogP contribution in [0.3, 0.4) is 0 Å². The van der Waals surface area contributed by atoms with Crippen LogP contribution in [-0.4, -0.2) is 72.2 Å². The average Bonchev–Trinajstić information content (AvgIpc) is 2.85. The molecule has 0 radical (unpaired) electrons. The van der Waals surface area contributed by atoms with E-state index in [9.17, 15) is 0 Å². The number of nitrogens with zero attached hydrogens (tertiary/aromatic N) is 12. The first-order chi connectivity index (χ1) is 18.0. The van der Waals surface area contributed by atoms with Gasteiger partial charge in [0.1, 0.15) is 11.4 Å². The van der Waals surface area contributed by atoms with E-state index >= 15 is 0 Å². The fourth-order valence-corrected chi connectivity index (χ4v) is 1.88. The van der Waals surface area contributed by atoms with Crippen molar-refractivity contribution in [2.24, 2.45) is 0 Å². The summed E-state index contributed by atoms with van der Waals surface area (Å²) in [5, 5.41) is 36.5. The molecule has 0 fully saturated rings. The van der Waals surface area contributed by atoms with Crippen LogP contribution in [0.25, 0.3) is 23.0 Å². The second-order valence-corrected chi connectivity index (χ2v) is 5.38. The van der Waals surface area contributed by atoms with E-state index in [0.717, 1.165) is 7.11 Å². The molecule has 0 aromatic carbocycles. The van der Waals surface area contributed by atoms with Gasteiger partial charge >= 0.3 is 16.5 Å². The molecule has 4 aromatic rings.